The van der Waals surface area contributed by atoms with Crippen LogP contribution < -0.4 is 4.74 Å². The van der Waals surface area contributed by atoms with Crippen LogP contribution in [0.25, 0.3) is 11.8 Å². The van der Waals surface area contributed by atoms with Crippen LogP contribution in [0, 0.1) is 10.1 Å². The van der Waals surface area contributed by atoms with Crippen molar-refractivity contribution in [2.75, 3.05) is 7.11 Å². The molecule has 9 heteroatoms. The first-order chi connectivity index (χ1) is 15.0. The lowest BCUT2D eigenvalue weighted by Gasteiger charge is -2.12. The highest BCUT2D eigenvalue weighted by Crippen LogP contribution is 2.34. The van der Waals surface area contributed by atoms with Crippen LogP contribution in [-0.4, -0.2) is 32.6 Å². The highest BCUT2D eigenvalue weighted by Gasteiger charge is 2.35. The summed E-state index contributed by atoms with van der Waals surface area (Å²) in [7, 11) is 1.60. The standard InChI is InChI=1S/C22H17N3O5S/c1-30-19-9-7-16(8-10-19)23-11-3-6-17(23)13-20-21(26)24(22(27)31-20)14-15-4-2-5-18(12-15)25(28)29/h2-13H,14H2,1H3/b20-13-. The molecule has 1 aliphatic heterocycles. The first-order valence-electron chi connectivity index (χ1n) is 9.27. The van der Waals surface area contributed by atoms with Crippen molar-refractivity contribution >= 4 is 34.7 Å². The number of carbonyl (C=O) groups is 2. The Bertz CT molecular complexity index is 1200. The highest BCUT2D eigenvalue weighted by molar-refractivity contribution is 8.18. The Kier molecular flexibility index (Phi) is 5.59. The number of rotatable bonds is 6. The van der Waals surface area contributed by atoms with E-state index in [0.29, 0.717) is 10.5 Å². The number of non-ortho nitro benzene ring substituents is 1. The summed E-state index contributed by atoms with van der Waals surface area (Å²) in [5.74, 6) is 0.309. The minimum Gasteiger partial charge on any atom is -0.497 e. The lowest BCUT2D eigenvalue weighted by Crippen LogP contribution is -2.27. The Hall–Kier alpha value is -3.85. The lowest BCUT2D eigenvalue weighted by atomic mass is 10.2. The van der Waals surface area contributed by atoms with Crippen molar-refractivity contribution in [1.29, 1.82) is 0 Å². The molecule has 2 amide bonds. The Balaban J connectivity index is 1.57. The van der Waals surface area contributed by atoms with E-state index >= 15 is 0 Å². The molecule has 0 atom stereocenters. The van der Waals surface area contributed by atoms with Crippen molar-refractivity contribution in [2.45, 2.75) is 6.54 Å². The summed E-state index contributed by atoms with van der Waals surface area (Å²) in [4.78, 5) is 37.1. The summed E-state index contributed by atoms with van der Waals surface area (Å²) in [6.45, 7) is -0.0246. The maximum atomic E-state index is 12.9. The van der Waals surface area contributed by atoms with E-state index in [1.165, 1.54) is 18.2 Å². The van der Waals surface area contributed by atoms with E-state index in [9.17, 15) is 19.7 Å². The number of aromatic nitrogens is 1. The number of benzene rings is 2. The van der Waals surface area contributed by atoms with Gasteiger partial charge in [0.1, 0.15) is 5.75 Å². The normalized spacial score (nSPS) is 15.0. The van der Waals surface area contributed by atoms with E-state index in [1.54, 1.807) is 19.3 Å². The van der Waals surface area contributed by atoms with Gasteiger partial charge in [0.05, 0.1) is 23.5 Å². The van der Waals surface area contributed by atoms with E-state index < -0.39 is 16.1 Å². The van der Waals surface area contributed by atoms with Crippen LogP contribution in [0.1, 0.15) is 11.3 Å². The Morgan fingerprint density at radius 2 is 1.87 bits per heavy atom. The fourth-order valence-corrected chi connectivity index (χ4v) is 4.03. The predicted octanol–water partition coefficient (Wildman–Crippen LogP) is 4.63. The molecule has 0 radical (unpaired) electrons. The second-order valence-electron chi connectivity index (χ2n) is 6.70. The quantitative estimate of drug-likeness (QED) is 0.318. The summed E-state index contributed by atoms with van der Waals surface area (Å²) < 4.78 is 7.08. The molecule has 1 aromatic heterocycles. The number of methoxy groups -OCH3 is 1. The molecule has 31 heavy (non-hydrogen) atoms. The molecule has 0 saturated carbocycles. The fraction of sp³-hybridized carbons (Fsp3) is 0.0909. The zero-order valence-corrected chi connectivity index (χ0v) is 17.2. The Morgan fingerprint density at radius 1 is 1.10 bits per heavy atom. The molecular weight excluding hydrogens is 418 g/mol. The summed E-state index contributed by atoms with van der Waals surface area (Å²) in [6.07, 6.45) is 3.53. The third-order valence-electron chi connectivity index (χ3n) is 4.75. The van der Waals surface area contributed by atoms with Crippen LogP contribution in [-0.2, 0) is 11.3 Å². The second-order valence-corrected chi connectivity index (χ2v) is 7.69. The largest absolute Gasteiger partial charge is 0.497 e. The van der Waals surface area contributed by atoms with E-state index in [1.807, 2.05) is 47.2 Å². The third-order valence-corrected chi connectivity index (χ3v) is 5.65. The molecule has 0 bridgehead atoms. The molecule has 3 aromatic rings. The molecule has 1 fully saturated rings. The Morgan fingerprint density at radius 3 is 2.58 bits per heavy atom. The molecule has 2 heterocycles. The number of hydrogen-bond acceptors (Lipinski definition) is 6. The first-order valence-corrected chi connectivity index (χ1v) is 10.1. The average molecular weight is 435 g/mol. The van der Waals surface area contributed by atoms with Crippen molar-refractivity contribution < 1.29 is 19.2 Å². The number of carbonyl (C=O) groups excluding carboxylic acids is 2. The van der Waals surface area contributed by atoms with Gasteiger partial charge in [-0.05, 0) is 59.8 Å². The molecule has 0 spiro atoms. The molecule has 1 saturated heterocycles. The highest BCUT2D eigenvalue weighted by atomic mass is 32.2. The minimum atomic E-state index is -0.509. The first kappa shape index (κ1) is 20.4. The number of nitro groups is 1. The van der Waals surface area contributed by atoms with Gasteiger partial charge in [0, 0.05) is 29.7 Å². The zero-order valence-electron chi connectivity index (χ0n) is 16.4. The van der Waals surface area contributed by atoms with Gasteiger partial charge in [0.15, 0.2) is 0 Å². The molecule has 4 rings (SSSR count). The van der Waals surface area contributed by atoms with Gasteiger partial charge in [-0.15, -0.1) is 0 Å². The van der Waals surface area contributed by atoms with E-state index in [-0.39, 0.29) is 12.2 Å². The van der Waals surface area contributed by atoms with Crippen LogP contribution in [0.2, 0.25) is 0 Å². The fourth-order valence-electron chi connectivity index (χ4n) is 3.21. The van der Waals surface area contributed by atoms with Gasteiger partial charge in [-0.3, -0.25) is 24.6 Å². The predicted molar refractivity (Wildman–Crippen MR) is 117 cm³/mol. The number of nitro benzene ring substituents is 1. The lowest BCUT2D eigenvalue weighted by molar-refractivity contribution is -0.384. The number of ether oxygens (including phenoxy) is 1. The van der Waals surface area contributed by atoms with Crippen LogP contribution in [0.15, 0.2) is 71.8 Å². The number of nitrogens with zero attached hydrogens (tertiary/aromatic N) is 3. The number of amides is 2. The van der Waals surface area contributed by atoms with Gasteiger partial charge in [-0.2, -0.15) is 0 Å². The zero-order chi connectivity index (χ0) is 22.0. The molecule has 0 N–H and O–H groups in total. The van der Waals surface area contributed by atoms with Gasteiger partial charge < -0.3 is 9.30 Å². The molecular formula is C22H17N3O5S. The molecule has 1 aliphatic rings. The molecule has 156 valence electrons. The van der Waals surface area contributed by atoms with Gasteiger partial charge in [0.2, 0.25) is 0 Å². The number of hydrogen-bond donors (Lipinski definition) is 0. The van der Waals surface area contributed by atoms with Crippen molar-refractivity contribution in [1.82, 2.24) is 9.47 Å². The van der Waals surface area contributed by atoms with E-state index in [4.69, 9.17) is 4.74 Å². The smallest absolute Gasteiger partial charge is 0.293 e. The summed E-state index contributed by atoms with van der Waals surface area (Å²) in [5.41, 5.74) is 2.05. The molecule has 8 nitrogen and oxygen atoms in total. The summed E-state index contributed by atoms with van der Waals surface area (Å²) >= 11 is 0.851. The van der Waals surface area contributed by atoms with Crippen LogP contribution in [0.4, 0.5) is 10.5 Å². The summed E-state index contributed by atoms with van der Waals surface area (Å²) in [5, 5.41) is 10.6. The third kappa shape index (κ3) is 4.22. The monoisotopic (exact) mass is 435 g/mol. The summed E-state index contributed by atoms with van der Waals surface area (Å²) in [6, 6.07) is 17.1. The van der Waals surface area contributed by atoms with Crippen LogP contribution in [0.3, 0.4) is 0 Å². The second kappa shape index (κ2) is 8.49. The number of thioether (sulfide) groups is 1. The topological polar surface area (TPSA) is 94.7 Å². The van der Waals surface area contributed by atoms with Crippen molar-refractivity contribution in [3.63, 3.8) is 0 Å². The van der Waals surface area contributed by atoms with Crippen LogP contribution in [0.5, 0.6) is 5.75 Å². The van der Waals surface area contributed by atoms with E-state index in [2.05, 4.69) is 0 Å². The number of imide groups is 1. The van der Waals surface area contributed by atoms with Crippen molar-refractivity contribution in [3.05, 3.63) is 93.1 Å². The van der Waals surface area contributed by atoms with Gasteiger partial charge in [0.25, 0.3) is 16.8 Å². The molecule has 0 unspecified atom stereocenters. The molecule has 0 aliphatic carbocycles. The van der Waals surface area contributed by atoms with Gasteiger partial charge in [-0.1, -0.05) is 12.1 Å². The molecule has 2 aromatic carbocycles. The Labute approximate surface area is 181 Å². The van der Waals surface area contributed by atoms with Gasteiger partial charge >= 0.3 is 0 Å². The van der Waals surface area contributed by atoms with Crippen molar-refractivity contribution in [2.24, 2.45) is 0 Å². The maximum absolute atomic E-state index is 12.9. The van der Waals surface area contributed by atoms with Gasteiger partial charge in [-0.25, -0.2) is 0 Å². The van der Waals surface area contributed by atoms with Crippen molar-refractivity contribution in [3.8, 4) is 11.4 Å². The van der Waals surface area contributed by atoms with E-state index in [0.717, 1.165) is 33.8 Å². The minimum absolute atomic E-state index is 0.0246. The van der Waals surface area contributed by atoms with Crippen LogP contribution >= 0.6 is 11.8 Å². The maximum Gasteiger partial charge on any atom is 0.293 e. The average Bonchev–Trinajstić information content (AvgIpc) is 3.34. The SMILES string of the molecule is COc1ccc(-n2cccc2/C=C2\SC(=O)N(Cc3cccc([N+](=O)[O-])c3)C2=O)cc1.